The van der Waals surface area contributed by atoms with Crippen LogP contribution in [0.5, 0.6) is 0 Å². The van der Waals surface area contributed by atoms with E-state index in [1.165, 1.54) is 22.2 Å². The van der Waals surface area contributed by atoms with Gasteiger partial charge in [-0.3, -0.25) is 0 Å². The number of rotatable bonds is 7. The first-order chi connectivity index (χ1) is 14.0. The average Bonchev–Trinajstić information content (AvgIpc) is 3.05. The lowest BCUT2D eigenvalue weighted by molar-refractivity contribution is 0.163. The van der Waals surface area contributed by atoms with Crippen molar-refractivity contribution in [3.63, 3.8) is 0 Å². The number of unbranched alkanes of at least 4 members (excludes halogenated alkanes) is 2. The van der Waals surface area contributed by atoms with E-state index >= 15 is 0 Å². The molecule has 160 valence electrons. The summed E-state index contributed by atoms with van der Waals surface area (Å²) in [4.78, 5) is 0. The molecule has 0 saturated heterocycles. The fraction of sp³-hybridized carbons (Fsp3) is 0.462. The van der Waals surface area contributed by atoms with Gasteiger partial charge in [-0.15, -0.1) is 0 Å². The van der Waals surface area contributed by atoms with E-state index < -0.39 is 0 Å². The van der Waals surface area contributed by atoms with Crippen LogP contribution in [0.2, 0.25) is 5.02 Å². The molecule has 0 amide bonds. The quantitative estimate of drug-likeness (QED) is 0.388. The first-order valence-electron chi connectivity index (χ1n) is 11.0. The van der Waals surface area contributed by atoms with Gasteiger partial charge >= 0.3 is 0 Å². The number of nitrogens with zero attached hydrogens (tertiary/aromatic N) is 1. The molecule has 1 unspecified atom stereocenters. The Balaban J connectivity index is 0.000000989. The molecule has 1 aromatic heterocycles. The van der Waals surface area contributed by atoms with Crippen molar-refractivity contribution in [3.05, 3.63) is 70.4 Å². The molecule has 0 fully saturated rings. The summed E-state index contributed by atoms with van der Waals surface area (Å²) in [6.45, 7) is 10.1. The number of aromatic nitrogens is 1. The molecule has 0 aliphatic heterocycles. The maximum atomic E-state index is 10.3. The molecule has 0 radical (unpaired) electrons. The van der Waals surface area contributed by atoms with Crippen LogP contribution in [-0.2, 0) is 13.5 Å². The highest BCUT2D eigenvalue weighted by atomic mass is 35.5. The van der Waals surface area contributed by atoms with Crippen LogP contribution in [0, 0.1) is 6.92 Å². The topological polar surface area (TPSA) is 25.2 Å². The Labute approximate surface area is 182 Å². The Kier molecular flexibility index (Phi) is 11.7. The molecule has 29 heavy (non-hydrogen) atoms. The lowest BCUT2D eigenvalue weighted by Gasteiger charge is -2.11. The van der Waals surface area contributed by atoms with Crippen LogP contribution in [0.4, 0.5) is 0 Å². The van der Waals surface area contributed by atoms with Gasteiger partial charge in [-0.05, 0) is 56.0 Å². The average molecular weight is 416 g/mol. The lowest BCUT2D eigenvalue weighted by atomic mass is 10.0. The molecule has 0 saturated carbocycles. The van der Waals surface area contributed by atoms with Crippen LogP contribution < -0.4 is 0 Å². The maximum absolute atomic E-state index is 10.3. The number of fused-ring (bicyclic) bond motifs is 1. The van der Waals surface area contributed by atoms with Gasteiger partial charge in [0.2, 0.25) is 0 Å². The van der Waals surface area contributed by atoms with Crippen LogP contribution in [0.15, 0.2) is 48.5 Å². The predicted molar refractivity (Wildman–Crippen MR) is 129 cm³/mol. The fourth-order valence-electron chi connectivity index (χ4n) is 3.48. The summed E-state index contributed by atoms with van der Waals surface area (Å²) in [5, 5.41) is 12.3. The first-order valence-corrected chi connectivity index (χ1v) is 11.4. The summed E-state index contributed by atoms with van der Waals surface area (Å²) in [7, 11) is 2.12. The third kappa shape index (κ3) is 7.53. The monoisotopic (exact) mass is 415 g/mol. The zero-order valence-electron chi connectivity index (χ0n) is 19.0. The fourth-order valence-corrected chi connectivity index (χ4v) is 3.66. The first kappa shape index (κ1) is 25.3. The Hall–Kier alpha value is -1.77. The van der Waals surface area contributed by atoms with E-state index in [-0.39, 0.29) is 6.10 Å². The molecule has 1 N–H and O–H groups in total. The van der Waals surface area contributed by atoms with Gasteiger partial charge in [0.05, 0.1) is 6.10 Å². The van der Waals surface area contributed by atoms with Crippen molar-refractivity contribution >= 4 is 22.5 Å². The number of aliphatic hydroxyl groups is 1. The number of hydrogen-bond donors (Lipinski definition) is 1. The Morgan fingerprint density at radius 2 is 1.66 bits per heavy atom. The summed E-state index contributed by atoms with van der Waals surface area (Å²) in [5.41, 5.74) is 4.81. The molecule has 3 aromatic rings. The third-order valence-electron chi connectivity index (χ3n) is 4.94. The molecule has 0 bridgehead atoms. The lowest BCUT2D eigenvalue weighted by Crippen LogP contribution is -1.99. The second-order valence-corrected chi connectivity index (χ2v) is 7.36. The second kappa shape index (κ2) is 13.5. The Bertz CT molecular complexity index is 853. The number of hydrogen-bond acceptors (Lipinski definition) is 1. The molecular formula is C26H38ClNO. The zero-order valence-corrected chi connectivity index (χ0v) is 19.8. The number of aryl methyl sites for hydroxylation is 3. The normalized spacial score (nSPS) is 11.3. The van der Waals surface area contributed by atoms with E-state index in [1.54, 1.807) is 0 Å². The minimum Gasteiger partial charge on any atom is -0.388 e. The van der Waals surface area contributed by atoms with Crippen molar-refractivity contribution in [2.24, 2.45) is 7.05 Å². The summed E-state index contributed by atoms with van der Waals surface area (Å²) in [5.74, 6) is 0. The van der Waals surface area contributed by atoms with E-state index in [2.05, 4.69) is 42.8 Å². The van der Waals surface area contributed by atoms with Gasteiger partial charge in [-0.1, -0.05) is 82.0 Å². The molecule has 0 aliphatic carbocycles. The summed E-state index contributed by atoms with van der Waals surface area (Å²) < 4.78 is 2.26. The van der Waals surface area contributed by atoms with Gasteiger partial charge in [0.15, 0.2) is 0 Å². The molecule has 2 aromatic carbocycles. The highest BCUT2D eigenvalue weighted by Gasteiger charge is 2.08. The molecule has 3 rings (SSSR count). The van der Waals surface area contributed by atoms with Crippen molar-refractivity contribution < 1.29 is 5.11 Å². The van der Waals surface area contributed by atoms with Crippen molar-refractivity contribution in [1.29, 1.82) is 0 Å². The van der Waals surface area contributed by atoms with Crippen molar-refractivity contribution in [1.82, 2.24) is 4.57 Å². The van der Waals surface area contributed by atoms with Crippen LogP contribution in [-0.4, -0.2) is 9.67 Å². The van der Waals surface area contributed by atoms with Crippen LogP contribution in [0.25, 0.3) is 10.9 Å². The Morgan fingerprint density at radius 3 is 2.34 bits per heavy atom. The molecular weight excluding hydrogens is 378 g/mol. The zero-order chi connectivity index (χ0) is 21.8. The highest BCUT2D eigenvalue weighted by molar-refractivity contribution is 6.31. The van der Waals surface area contributed by atoms with Gasteiger partial charge in [-0.2, -0.15) is 0 Å². The minimum absolute atomic E-state index is 0.348. The van der Waals surface area contributed by atoms with Crippen molar-refractivity contribution in [2.45, 2.75) is 72.8 Å². The van der Waals surface area contributed by atoms with Gasteiger partial charge in [0, 0.05) is 28.7 Å². The standard InChI is InChI=1S/C22H26ClNO.2C2H6/c1-16-7-6-8-17(13-16)22(25)10-5-3-4-9-20-15-18-14-19(23)11-12-21(18)24(20)2;2*1-2/h6-8,11-15,22,25H,3-5,9-10H2,1-2H3;2*1-2H3. The SMILES string of the molecule is CC.CC.Cc1cccc(C(O)CCCCCc2cc3cc(Cl)ccc3n2C)c1. The number of benzene rings is 2. The third-order valence-corrected chi connectivity index (χ3v) is 5.18. The van der Waals surface area contributed by atoms with E-state index in [0.717, 1.165) is 42.7 Å². The molecule has 0 aliphatic rings. The predicted octanol–water partition coefficient (Wildman–Crippen LogP) is 8.03. The summed E-state index contributed by atoms with van der Waals surface area (Å²) in [6, 6.07) is 16.5. The van der Waals surface area contributed by atoms with Crippen molar-refractivity contribution in [2.75, 3.05) is 0 Å². The van der Waals surface area contributed by atoms with E-state index in [4.69, 9.17) is 11.6 Å². The maximum Gasteiger partial charge on any atom is 0.0790 e. The van der Waals surface area contributed by atoms with Crippen LogP contribution in [0.3, 0.4) is 0 Å². The smallest absolute Gasteiger partial charge is 0.0790 e. The van der Waals surface area contributed by atoms with E-state index in [9.17, 15) is 5.11 Å². The Morgan fingerprint density at radius 1 is 0.931 bits per heavy atom. The number of aliphatic hydroxyl groups excluding tert-OH is 1. The molecule has 1 atom stereocenters. The molecule has 0 spiro atoms. The second-order valence-electron chi connectivity index (χ2n) is 6.93. The minimum atomic E-state index is -0.348. The van der Waals surface area contributed by atoms with Crippen LogP contribution in [0.1, 0.15) is 76.3 Å². The molecule has 3 heteroatoms. The summed E-state index contributed by atoms with van der Waals surface area (Å²) >= 11 is 6.08. The molecule has 1 heterocycles. The number of halogens is 1. The van der Waals surface area contributed by atoms with Gasteiger partial charge in [-0.25, -0.2) is 0 Å². The largest absolute Gasteiger partial charge is 0.388 e. The van der Waals surface area contributed by atoms with E-state index in [0.29, 0.717) is 0 Å². The molecule has 2 nitrogen and oxygen atoms in total. The van der Waals surface area contributed by atoms with Gasteiger partial charge in [0.25, 0.3) is 0 Å². The van der Waals surface area contributed by atoms with Crippen molar-refractivity contribution in [3.8, 4) is 0 Å². The van der Waals surface area contributed by atoms with Gasteiger partial charge in [0.1, 0.15) is 0 Å². The van der Waals surface area contributed by atoms with Gasteiger partial charge < -0.3 is 9.67 Å². The van der Waals surface area contributed by atoms with Crippen LogP contribution >= 0.6 is 11.6 Å². The highest BCUT2D eigenvalue weighted by Crippen LogP contribution is 2.24. The van der Waals surface area contributed by atoms with E-state index in [1.807, 2.05) is 52.0 Å². The summed E-state index contributed by atoms with van der Waals surface area (Å²) in [6.07, 6.45) is 4.85.